The highest BCUT2D eigenvalue weighted by molar-refractivity contribution is 5.99. The van der Waals surface area contributed by atoms with Gasteiger partial charge in [0.15, 0.2) is 0 Å². The van der Waals surface area contributed by atoms with E-state index in [0.29, 0.717) is 0 Å². The minimum atomic E-state index is -0.216. The molecule has 1 aliphatic heterocycles. The Morgan fingerprint density at radius 3 is 2.68 bits per heavy atom. The average molecular weight is 254 g/mol. The molecule has 0 bridgehead atoms. The molecule has 0 atom stereocenters. The molecule has 2 aromatic rings. The van der Waals surface area contributed by atoms with Crippen molar-refractivity contribution in [3.05, 3.63) is 71.5 Å². The summed E-state index contributed by atoms with van der Waals surface area (Å²) in [5, 5.41) is 0. The molecule has 0 fully saturated rings. The van der Waals surface area contributed by atoms with Crippen LogP contribution in [0.5, 0.6) is 0 Å². The number of rotatable bonds is 3. The van der Waals surface area contributed by atoms with E-state index in [9.17, 15) is 4.39 Å². The number of aliphatic imine (C=N–C) groups is 1. The van der Waals surface area contributed by atoms with Crippen LogP contribution in [0.25, 0.3) is 0 Å². The highest BCUT2D eigenvalue weighted by Gasteiger charge is 2.18. The summed E-state index contributed by atoms with van der Waals surface area (Å²) in [6, 6.07) is 16.9. The largest absolute Gasteiger partial charge is 0.350 e. The van der Waals surface area contributed by atoms with Crippen molar-refractivity contribution in [1.29, 1.82) is 0 Å². The molecule has 1 heterocycles. The maximum absolute atomic E-state index is 13.3. The van der Waals surface area contributed by atoms with E-state index in [2.05, 4.69) is 22.0 Å². The number of hydrogen-bond acceptors (Lipinski definition) is 2. The highest BCUT2D eigenvalue weighted by atomic mass is 19.1. The van der Waals surface area contributed by atoms with Crippen molar-refractivity contribution in [3.8, 4) is 0 Å². The van der Waals surface area contributed by atoms with Gasteiger partial charge >= 0.3 is 0 Å². The van der Waals surface area contributed by atoms with E-state index in [0.717, 1.165) is 31.0 Å². The monoisotopic (exact) mass is 254 g/mol. The van der Waals surface area contributed by atoms with Crippen molar-refractivity contribution in [3.63, 3.8) is 0 Å². The Labute approximate surface area is 112 Å². The van der Waals surface area contributed by atoms with Crippen molar-refractivity contribution in [2.75, 3.05) is 13.1 Å². The summed E-state index contributed by atoms with van der Waals surface area (Å²) >= 11 is 0. The van der Waals surface area contributed by atoms with Crippen molar-refractivity contribution in [2.45, 2.75) is 6.54 Å². The Morgan fingerprint density at radius 1 is 1.05 bits per heavy atom. The number of halogens is 1. The van der Waals surface area contributed by atoms with Crippen molar-refractivity contribution < 1.29 is 4.39 Å². The van der Waals surface area contributed by atoms with Crippen LogP contribution in [-0.2, 0) is 6.54 Å². The van der Waals surface area contributed by atoms with Crippen LogP contribution in [0.2, 0.25) is 0 Å². The van der Waals surface area contributed by atoms with E-state index in [-0.39, 0.29) is 5.82 Å². The van der Waals surface area contributed by atoms with Gasteiger partial charge in [-0.15, -0.1) is 0 Å². The van der Waals surface area contributed by atoms with Crippen molar-refractivity contribution in [1.82, 2.24) is 4.90 Å². The summed E-state index contributed by atoms with van der Waals surface area (Å²) in [5.74, 6) is 0.676. The van der Waals surface area contributed by atoms with Crippen LogP contribution in [0.3, 0.4) is 0 Å². The van der Waals surface area contributed by atoms with E-state index >= 15 is 0 Å². The minimum Gasteiger partial charge on any atom is -0.350 e. The Kier molecular flexibility index (Phi) is 3.27. The van der Waals surface area contributed by atoms with E-state index < -0.39 is 0 Å². The first-order valence-corrected chi connectivity index (χ1v) is 6.42. The zero-order valence-corrected chi connectivity index (χ0v) is 10.6. The molecule has 3 rings (SSSR count). The second kappa shape index (κ2) is 5.22. The van der Waals surface area contributed by atoms with Crippen LogP contribution in [0.4, 0.5) is 4.39 Å². The third-order valence-corrected chi connectivity index (χ3v) is 3.23. The molecule has 0 amide bonds. The number of hydrogen-bond donors (Lipinski definition) is 0. The number of benzene rings is 2. The van der Waals surface area contributed by atoms with Gasteiger partial charge in [-0.1, -0.05) is 42.5 Å². The van der Waals surface area contributed by atoms with Gasteiger partial charge in [0, 0.05) is 18.7 Å². The molecular weight excluding hydrogens is 239 g/mol. The van der Waals surface area contributed by atoms with Gasteiger partial charge in [-0.25, -0.2) is 4.39 Å². The van der Waals surface area contributed by atoms with Crippen LogP contribution in [0.1, 0.15) is 11.1 Å². The second-order valence-electron chi connectivity index (χ2n) is 4.62. The van der Waals surface area contributed by atoms with Crippen LogP contribution in [0.15, 0.2) is 59.6 Å². The predicted octanol–water partition coefficient (Wildman–Crippen LogP) is 3.09. The van der Waals surface area contributed by atoms with Gasteiger partial charge in [0.1, 0.15) is 11.7 Å². The Bertz CT molecular complexity index is 593. The smallest absolute Gasteiger partial charge is 0.131 e. The predicted molar refractivity (Wildman–Crippen MR) is 74.7 cm³/mol. The molecule has 0 saturated carbocycles. The van der Waals surface area contributed by atoms with Crippen molar-refractivity contribution in [2.24, 2.45) is 4.99 Å². The average Bonchev–Trinajstić information content (AvgIpc) is 2.88. The lowest BCUT2D eigenvalue weighted by atomic mass is 10.1. The molecule has 0 aliphatic carbocycles. The lowest BCUT2D eigenvalue weighted by Gasteiger charge is -2.20. The molecule has 0 aromatic heterocycles. The summed E-state index contributed by atoms with van der Waals surface area (Å²) in [4.78, 5) is 6.70. The normalized spacial score (nSPS) is 14.6. The van der Waals surface area contributed by atoms with Gasteiger partial charge in [0.05, 0.1) is 6.54 Å². The maximum Gasteiger partial charge on any atom is 0.131 e. The molecule has 96 valence electrons. The van der Waals surface area contributed by atoms with E-state index in [1.54, 1.807) is 12.1 Å². The van der Waals surface area contributed by atoms with Crippen LogP contribution < -0.4 is 0 Å². The summed E-state index contributed by atoms with van der Waals surface area (Å²) in [7, 11) is 0. The highest BCUT2D eigenvalue weighted by Crippen LogP contribution is 2.15. The van der Waals surface area contributed by atoms with Gasteiger partial charge in [0.2, 0.25) is 0 Å². The molecule has 2 aromatic carbocycles. The van der Waals surface area contributed by atoms with Gasteiger partial charge in [0.25, 0.3) is 0 Å². The third-order valence-electron chi connectivity index (χ3n) is 3.23. The summed E-state index contributed by atoms with van der Waals surface area (Å²) in [5.41, 5.74) is 2.10. The SMILES string of the molecule is Fc1cccc(C2=NCCN2Cc2ccccc2)c1. The molecule has 0 spiro atoms. The molecule has 0 N–H and O–H groups in total. The fourth-order valence-corrected chi connectivity index (χ4v) is 2.34. The van der Waals surface area contributed by atoms with Gasteiger partial charge in [-0.2, -0.15) is 0 Å². The Balaban J connectivity index is 1.82. The number of amidine groups is 1. The Hall–Kier alpha value is -2.16. The van der Waals surface area contributed by atoms with Crippen LogP contribution >= 0.6 is 0 Å². The van der Waals surface area contributed by atoms with Gasteiger partial charge in [-0.05, 0) is 17.7 Å². The van der Waals surface area contributed by atoms with Crippen LogP contribution in [-0.4, -0.2) is 23.8 Å². The van der Waals surface area contributed by atoms with E-state index in [4.69, 9.17) is 0 Å². The molecule has 0 radical (unpaired) electrons. The standard InChI is InChI=1S/C16H15FN2/c17-15-8-4-7-14(11-15)16-18-9-10-19(16)12-13-5-2-1-3-6-13/h1-8,11H,9-10,12H2. The van der Waals surface area contributed by atoms with E-state index in [1.165, 1.54) is 11.6 Å². The molecule has 3 heteroatoms. The van der Waals surface area contributed by atoms with Gasteiger partial charge < -0.3 is 4.90 Å². The quantitative estimate of drug-likeness (QED) is 0.821. The minimum absolute atomic E-state index is 0.216. The fourth-order valence-electron chi connectivity index (χ4n) is 2.34. The summed E-state index contributed by atoms with van der Waals surface area (Å²) in [6.45, 7) is 2.48. The third kappa shape index (κ3) is 2.65. The first-order chi connectivity index (χ1) is 9.33. The van der Waals surface area contributed by atoms with E-state index in [1.807, 2.05) is 24.3 Å². The summed E-state index contributed by atoms with van der Waals surface area (Å²) in [6.07, 6.45) is 0. The molecule has 2 nitrogen and oxygen atoms in total. The van der Waals surface area contributed by atoms with Gasteiger partial charge in [-0.3, -0.25) is 4.99 Å². The lowest BCUT2D eigenvalue weighted by Crippen LogP contribution is -2.27. The second-order valence-corrected chi connectivity index (χ2v) is 4.62. The molecular formula is C16H15FN2. The zero-order chi connectivity index (χ0) is 13.1. The molecule has 1 aliphatic rings. The first-order valence-electron chi connectivity index (χ1n) is 6.42. The van der Waals surface area contributed by atoms with Crippen molar-refractivity contribution >= 4 is 5.84 Å². The molecule has 0 saturated heterocycles. The van der Waals surface area contributed by atoms with Crippen LogP contribution in [0, 0.1) is 5.82 Å². The number of nitrogens with zero attached hydrogens (tertiary/aromatic N) is 2. The first kappa shape index (κ1) is 11.9. The fraction of sp³-hybridized carbons (Fsp3) is 0.188. The molecule has 19 heavy (non-hydrogen) atoms. The zero-order valence-electron chi connectivity index (χ0n) is 10.6. The molecule has 0 unspecified atom stereocenters. The Morgan fingerprint density at radius 2 is 1.89 bits per heavy atom. The summed E-state index contributed by atoms with van der Waals surface area (Å²) < 4.78 is 13.3. The lowest BCUT2D eigenvalue weighted by molar-refractivity contribution is 0.452. The topological polar surface area (TPSA) is 15.6 Å². The maximum atomic E-state index is 13.3.